The van der Waals surface area contributed by atoms with Gasteiger partial charge in [0.1, 0.15) is 6.07 Å². The summed E-state index contributed by atoms with van der Waals surface area (Å²) in [6.07, 6.45) is 0. The number of anilines is 1. The molecule has 0 radical (unpaired) electrons. The first kappa shape index (κ1) is 13.0. The molecule has 0 fully saturated rings. The van der Waals surface area contributed by atoms with Crippen LogP contribution in [-0.2, 0) is 0 Å². The van der Waals surface area contributed by atoms with Crippen LogP contribution in [0.15, 0.2) is 22.7 Å². The van der Waals surface area contributed by atoms with E-state index in [9.17, 15) is 0 Å². The van der Waals surface area contributed by atoms with Gasteiger partial charge < -0.3 is 10.6 Å². The molecule has 0 bridgehead atoms. The second-order valence-electron chi connectivity index (χ2n) is 3.82. The summed E-state index contributed by atoms with van der Waals surface area (Å²) in [5, 5.41) is 15.5. The molecule has 0 aliphatic carbocycles. The van der Waals surface area contributed by atoms with Gasteiger partial charge in [-0.05, 0) is 47.6 Å². The van der Waals surface area contributed by atoms with Crippen LogP contribution in [0.25, 0.3) is 0 Å². The van der Waals surface area contributed by atoms with Gasteiger partial charge in [-0.2, -0.15) is 5.26 Å². The average molecular weight is 282 g/mol. The molecule has 0 saturated heterocycles. The number of halogens is 1. The molecule has 0 saturated carbocycles. The molecule has 0 heterocycles. The zero-order chi connectivity index (χ0) is 12.0. The molecule has 0 aliphatic heterocycles. The summed E-state index contributed by atoms with van der Waals surface area (Å²) in [6.45, 7) is 3.97. The molecule has 4 heteroatoms. The minimum atomic E-state index is 0.524. The van der Waals surface area contributed by atoms with Gasteiger partial charge in [0.25, 0.3) is 0 Å². The minimum absolute atomic E-state index is 0.524. The van der Waals surface area contributed by atoms with Gasteiger partial charge in [0.05, 0.1) is 11.3 Å². The molecule has 1 unspecified atom stereocenters. The number of nitriles is 1. The first-order chi connectivity index (χ1) is 7.69. The highest BCUT2D eigenvalue weighted by Gasteiger charge is 2.06. The molecule has 0 spiro atoms. The smallest absolute Gasteiger partial charge is 0.103 e. The van der Waals surface area contributed by atoms with E-state index in [2.05, 4.69) is 39.6 Å². The van der Waals surface area contributed by atoms with E-state index in [0.29, 0.717) is 11.5 Å². The van der Waals surface area contributed by atoms with Gasteiger partial charge >= 0.3 is 0 Å². The molecular weight excluding hydrogens is 266 g/mol. The fourth-order valence-corrected chi connectivity index (χ4v) is 1.94. The van der Waals surface area contributed by atoms with Crippen molar-refractivity contribution in [2.75, 3.05) is 25.5 Å². The van der Waals surface area contributed by atoms with Crippen molar-refractivity contribution in [3.63, 3.8) is 0 Å². The lowest BCUT2D eigenvalue weighted by molar-refractivity contribution is 0.569. The summed E-state index contributed by atoms with van der Waals surface area (Å²) in [4.78, 5) is 0. The van der Waals surface area contributed by atoms with Crippen molar-refractivity contribution < 1.29 is 0 Å². The third kappa shape index (κ3) is 3.51. The van der Waals surface area contributed by atoms with Crippen molar-refractivity contribution in [3.05, 3.63) is 28.2 Å². The molecule has 2 N–H and O–H groups in total. The van der Waals surface area contributed by atoms with Crippen molar-refractivity contribution in [1.82, 2.24) is 5.32 Å². The van der Waals surface area contributed by atoms with E-state index in [-0.39, 0.29) is 0 Å². The molecule has 1 aromatic rings. The van der Waals surface area contributed by atoms with E-state index in [1.54, 1.807) is 0 Å². The van der Waals surface area contributed by atoms with Crippen molar-refractivity contribution in [2.24, 2.45) is 5.92 Å². The number of nitrogens with one attached hydrogen (secondary N) is 2. The number of benzene rings is 1. The molecule has 16 heavy (non-hydrogen) atoms. The number of rotatable bonds is 5. The highest BCUT2D eigenvalue weighted by molar-refractivity contribution is 9.10. The SMILES string of the molecule is CNCC(C)CNc1cccc(Br)c1C#N. The summed E-state index contributed by atoms with van der Waals surface area (Å²) >= 11 is 3.37. The van der Waals surface area contributed by atoms with Gasteiger partial charge in [-0.3, -0.25) is 0 Å². The van der Waals surface area contributed by atoms with Gasteiger partial charge in [-0.15, -0.1) is 0 Å². The Bertz CT molecular complexity index is 384. The molecule has 3 nitrogen and oxygen atoms in total. The van der Waals surface area contributed by atoms with Crippen LogP contribution in [0.1, 0.15) is 12.5 Å². The molecule has 1 aromatic carbocycles. The topological polar surface area (TPSA) is 47.8 Å². The maximum absolute atomic E-state index is 9.04. The second-order valence-corrected chi connectivity index (χ2v) is 4.67. The molecular formula is C12H16BrN3. The van der Waals surface area contributed by atoms with Gasteiger partial charge in [0.2, 0.25) is 0 Å². The Morgan fingerprint density at radius 1 is 1.44 bits per heavy atom. The second kappa shape index (κ2) is 6.51. The van der Waals surface area contributed by atoms with E-state index < -0.39 is 0 Å². The minimum Gasteiger partial charge on any atom is -0.384 e. The van der Waals surface area contributed by atoms with E-state index >= 15 is 0 Å². The molecule has 0 aliphatic rings. The fourth-order valence-electron chi connectivity index (χ4n) is 1.49. The Morgan fingerprint density at radius 2 is 2.19 bits per heavy atom. The molecule has 1 rings (SSSR count). The predicted octanol–water partition coefficient (Wildman–Crippen LogP) is 2.59. The van der Waals surface area contributed by atoms with Crippen molar-refractivity contribution in [1.29, 1.82) is 5.26 Å². The maximum Gasteiger partial charge on any atom is 0.103 e. The summed E-state index contributed by atoms with van der Waals surface area (Å²) in [7, 11) is 1.94. The van der Waals surface area contributed by atoms with Crippen LogP contribution >= 0.6 is 15.9 Å². The van der Waals surface area contributed by atoms with Crippen LogP contribution in [0.2, 0.25) is 0 Å². The molecule has 0 aromatic heterocycles. The molecule has 1 atom stereocenters. The molecule has 0 amide bonds. The Hall–Kier alpha value is -1.05. The van der Waals surface area contributed by atoms with Crippen molar-refractivity contribution in [2.45, 2.75) is 6.92 Å². The molecule has 86 valence electrons. The summed E-state index contributed by atoms with van der Waals surface area (Å²) in [5.41, 5.74) is 1.55. The van der Waals surface area contributed by atoms with Crippen LogP contribution in [0.3, 0.4) is 0 Å². The van der Waals surface area contributed by atoms with E-state index in [4.69, 9.17) is 5.26 Å². The normalized spacial score (nSPS) is 11.9. The van der Waals surface area contributed by atoms with Crippen LogP contribution in [0.4, 0.5) is 5.69 Å². The lowest BCUT2D eigenvalue weighted by Gasteiger charge is -2.14. The van der Waals surface area contributed by atoms with Gasteiger partial charge in [-0.1, -0.05) is 13.0 Å². The van der Waals surface area contributed by atoms with Crippen LogP contribution in [-0.4, -0.2) is 20.1 Å². The quantitative estimate of drug-likeness (QED) is 0.872. The Labute approximate surface area is 105 Å². The third-order valence-corrected chi connectivity index (χ3v) is 2.98. The highest BCUT2D eigenvalue weighted by Crippen LogP contribution is 2.23. The van der Waals surface area contributed by atoms with Crippen LogP contribution < -0.4 is 10.6 Å². The predicted molar refractivity (Wildman–Crippen MR) is 70.4 cm³/mol. The van der Waals surface area contributed by atoms with Crippen molar-refractivity contribution in [3.8, 4) is 6.07 Å². The Balaban J connectivity index is 2.67. The maximum atomic E-state index is 9.04. The summed E-state index contributed by atoms with van der Waals surface area (Å²) in [5.74, 6) is 0.524. The first-order valence-electron chi connectivity index (χ1n) is 5.26. The summed E-state index contributed by atoms with van der Waals surface area (Å²) in [6, 6.07) is 7.92. The van der Waals surface area contributed by atoms with Gasteiger partial charge in [0.15, 0.2) is 0 Å². The largest absolute Gasteiger partial charge is 0.384 e. The van der Waals surface area contributed by atoms with Gasteiger partial charge in [-0.25, -0.2) is 0 Å². The Kier molecular flexibility index (Phi) is 5.30. The Morgan fingerprint density at radius 3 is 2.81 bits per heavy atom. The standard InChI is InChI=1S/C12H16BrN3/c1-9(7-15-2)8-16-12-5-3-4-11(13)10(12)6-14/h3-5,9,15-16H,7-8H2,1-2H3. The number of hydrogen-bond donors (Lipinski definition) is 2. The number of hydrogen-bond acceptors (Lipinski definition) is 3. The van der Waals surface area contributed by atoms with E-state index in [1.807, 2.05) is 25.2 Å². The van der Waals surface area contributed by atoms with Crippen LogP contribution in [0.5, 0.6) is 0 Å². The van der Waals surface area contributed by atoms with E-state index in [0.717, 1.165) is 23.2 Å². The van der Waals surface area contributed by atoms with Crippen molar-refractivity contribution >= 4 is 21.6 Å². The third-order valence-electron chi connectivity index (χ3n) is 2.32. The van der Waals surface area contributed by atoms with Gasteiger partial charge in [0, 0.05) is 11.0 Å². The average Bonchev–Trinajstić information content (AvgIpc) is 2.27. The highest BCUT2D eigenvalue weighted by atomic mass is 79.9. The number of nitrogens with zero attached hydrogens (tertiary/aromatic N) is 1. The zero-order valence-corrected chi connectivity index (χ0v) is 11.1. The monoisotopic (exact) mass is 281 g/mol. The lowest BCUT2D eigenvalue weighted by atomic mass is 10.1. The van der Waals surface area contributed by atoms with Crippen LogP contribution in [0, 0.1) is 17.2 Å². The first-order valence-corrected chi connectivity index (χ1v) is 6.05. The fraction of sp³-hybridized carbons (Fsp3) is 0.417. The van der Waals surface area contributed by atoms with E-state index in [1.165, 1.54) is 0 Å². The zero-order valence-electron chi connectivity index (χ0n) is 9.55. The lowest BCUT2D eigenvalue weighted by Crippen LogP contribution is -2.23. The summed E-state index contributed by atoms with van der Waals surface area (Å²) < 4.78 is 0.835.